The third-order valence-corrected chi connectivity index (χ3v) is 5.87. The van der Waals surface area contributed by atoms with Crippen molar-refractivity contribution in [3.05, 3.63) is 68.8 Å². The molecule has 8 nitrogen and oxygen atoms in total. The van der Waals surface area contributed by atoms with Crippen molar-refractivity contribution >= 4 is 29.0 Å². The number of ether oxygens (including phenoxy) is 1. The Morgan fingerprint density at radius 3 is 2.62 bits per heavy atom. The summed E-state index contributed by atoms with van der Waals surface area (Å²) in [4.78, 5) is 38.0. The van der Waals surface area contributed by atoms with Gasteiger partial charge in [-0.2, -0.15) is 0 Å². The minimum absolute atomic E-state index is 0.0756. The largest absolute Gasteiger partial charge is 0.505 e. The first kappa shape index (κ1) is 23.1. The molecule has 2 amide bonds. The summed E-state index contributed by atoms with van der Waals surface area (Å²) in [6.45, 7) is 3.56. The predicted octanol–water partition coefficient (Wildman–Crippen LogP) is 3.94. The number of esters is 1. The predicted molar refractivity (Wildman–Crippen MR) is 124 cm³/mol. The molecule has 2 aromatic heterocycles. The van der Waals surface area contributed by atoms with Gasteiger partial charge in [-0.3, -0.25) is 9.59 Å². The number of urea groups is 1. The molecule has 0 bridgehead atoms. The Balaban J connectivity index is 1.84. The van der Waals surface area contributed by atoms with Gasteiger partial charge in [0.05, 0.1) is 19.1 Å². The lowest BCUT2D eigenvalue weighted by Gasteiger charge is -2.18. The second kappa shape index (κ2) is 10.1. The lowest BCUT2D eigenvalue weighted by Crippen LogP contribution is -2.36. The zero-order valence-electron chi connectivity index (χ0n) is 18.0. The van der Waals surface area contributed by atoms with Crippen molar-refractivity contribution in [3.8, 4) is 16.9 Å². The van der Waals surface area contributed by atoms with E-state index in [0.717, 1.165) is 16.0 Å². The molecule has 1 atom stereocenters. The van der Waals surface area contributed by atoms with Gasteiger partial charge in [0.15, 0.2) is 5.69 Å². The molecule has 0 aliphatic carbocycles. The Kier molecular flexibility index (Phi) is 7.32. The summed E-state index contributed by atoms with van der Waals surface area (Å²) in [5.41, 5.74) is 1.65. The van der Waals surface area contributed by atoms with E-state index in [9.17, 15) is 19.5 Å². The van der Waals surface area contributed by atoms with E-state index in [1.54, 1.807) is 13.8 Å². The van der Waals surface area contributed by atoms with Gasteiger partial charge in [-0.25, -0.2) is 4.79 Å². The average molecular weight is 456 g/mol. The molecule has 3 aromatic rings. The van der Waals surface area contributed by atoms with Crippen LogP contribution in [0.3, 0.4) is 0 Å². The molecular formula is C23H25N3O5S. The van der Waals surface area contributed by atoms with Gasteiger partial charge in [-0.1, -0.05) is 30.3 Å². The van der Waals surface area contributed by atoms with Crippen LogP contribution in [0.1, 0.15) is 29.8 Å². The molecule has 0 radical (unpaired) electrons. The SMILES string of the molecule is CCOC(=O)CC(NC(=O)Nc1c(O)c(C)cn(C)c1=O)c1cc(-c2ccccc2)cs1. The fraction of sp³-hybridized carbons (Fsp3) is 0.261. The van der Waals surface area contributed by atoms with Gasteiger partial charge in [-0.15, -0.1) is 11.3 Å². The number of nitrogens with one attached hydrogen (secondary N) is 2. The van der Waals surface area contributed by atoms with E-state index in [1.807, 2.05) is 41.8 Å². The molecule has 0 saturated heterocycles. The van der Waals surface area contributed by atoms with Crippen LogP contribution in [0, 0.1) is 6.92 Å². The normalized spacial score (nSPS) is 11.6. The number of hydrogen-bond donors (Lipinski definition) is 3. The molecule has 1 unspecified atom stereocenters. The summed E-state index contributed by atoms with van der Waals surface area (Å²) in [5.74, 6) is -0.755. The Hall–Kier alpha value is -3.59. The number of hydrogen-bond acceptors (Lipinski definition) is 6. The summed E-state index contributed by atoms with van der Waals surface area (Å²) >= 11 is 1.41. The highest BCUT2D eigenvalue weighted by molar-refractivity contribution is 7.10. The number of aromatic nitrogens is 1. The van der Waals surface area contributed by atoms with E-state index in [1.165, 1.54) is 29.1 Å². The number of aryl methyl sites for hydroxylation is 2. The maximum absolute atomic E-state index is 12.7. The molecule has 2 heterocycles. The first-order valence-corrected chi connectivity index (χ1v) is 10.9. The first-order valence-electron chi connectivity index (χ1n) is 10.1. The van der Waals surface area contributed by atoms with E-state index in [-0.39, 0.29) is 24.5 Å². The standard InChI is InChI=1S/C23H25N3O5S/c1-4-31-19(27)11-17(18-10-16(13-32-18)15-8-6-5-7-9-15)24-23(30)25-20-21(28)14(2)12-26(3)22(20)29/h5-10,12-13,17,28H,4,11H2,1-3H3,(H2,24,25,30). The van der Waals surface area contributed by atoms with Crippen molar-refractivity contribution in [1.82, 2.24) is 9.88 Å². The maximum Gasteiger partial charge on any atom is 0.320 e. The number of rotatable bonds is 7. The molecule has 0 saturated carbocycles. The molecule has 32 heavy (non-hydrogen) atoms. The van der Waals surface area contributed by atoms with Crippen molar-refractivity contribution in [2.45, 2.75) is 26.3 Å². The molecule has 9 heteroatoms. The third kappa shape index (κ3) is 5.36. The summed E-state index contributed by atoms with van der Waals surface area (Å²) in [6, 6.07) is 10.3. The van der Waals surface area contributed by atoms with Crippen molar-refractivity contribution in [3.63, 3.8) is 0 Å². The monoisotopic (exact) mass is 455 g/mol. The number of anilines is 1. The van der Waals surface area contributed by atoms with E-state index in [2.05, 4.69) is 10.6 Å². The van der Waals surface area contributed by atoms with E-state index in [0.29, 0.717) is 5.56 Å². The van der Waals surface area contributed by atoms with E-state index >= 15 is 0 Å². The Morgan fingerprint density at radius 1 is 1.22 bits per heavy atom. The van der Waals surface area contributed by atoms with E-state index in [4.69, 9.17) is 4.74 Å². The highest BCUT2D eigenvalue weighted by atomic mass is 32.1. The zero-order valence-corrected chi connectivity index (χ0v) is 18.9. The summed E-state index contributed by atoms with van der Waals surface area (Å²) in [6.07, 6.45) is 1.40. The number of nitrogens with zero attached hydrogens (tertiary/aromatic N) is 1. The third-order valence-electron chi connectivity index (χ3n) is 4.82. The van der Waals surface area contributed by atoms with Crippen molar-refractivity contribution < 1.29 is 19.4 Å². The number of carbonyl (C=O) groups excluding carboxylic acids is 2. The Labute approximate surface area is 189 Å². The fourth-order valence-corrected chi connectivity index (χ4v) is 4.20. The van der Waals surface area contributed by atoms with Gasteiger partial charge in [0, 0.05) is 23.7 Å². The molecule has 0 aliphatic rings. The van der Waals surface area contributed by atoms with Gasteiger partial charge in [0.25, 0.3) is 5.56 Å². The number of carbonyl (C=O) groups is 2. The fourth-order valence-electron chi connectivity index (χ4n) is 3.23. The number of pyridine rings is 1. The highest BCUT2D eigenvalue weighted by Crippen LogP contribution is 2.31. The van der Waals surface area contributed by atoms with Gasteiger partial charge < -0.3 is 25.0 Å². The molecule has 1 aromatic carbocycles. The topological polar surface area (TPSA) is 110 Å². The van der Waals surface area contributed by atoms with Gasteiger partial charge in [0.2, 0.25) is 0 Å². The minimum atomic E-state index is -0.716. The summed E-state index contributed by atoms with van der Waals surface area (Å²) < 4.78 is 6.33. The molecule has 0 fully saturated rings. The smallest absolute Gasteiger partial charge is 0.320 e. The maximum atomic E-state index is 12.7. The number of thiophene rings is 1. The highest BCUT2D eigenvalue weighted by Gasteiger charge is 2.23. The number of amides is 2. The average Bonchev–Trinajstić information content (AvgIpc) is 3.26. The van der Waals surface area contributed by atoms with Crippen LogP contribution in [0.4, 0.5) is 10.5 Å². The van der Waals surface area contributed by atoms with Crippen LogP contribution < -0.4 is 16.2 Å². The van der Waals surface area contributed by atoms with Crippen LogP contribution >= 0.6 is 11.3 Å². The van der Waals surface area contributed by atoms with Crippen LogP contribution in [-0.4, -0.2) is 28.3 Å². The zero-order chi connectivity index (χ0) is 23.3. The van der Waals surface area contributed by atoms with Crippen LogP contribution in [0.2, 0.25) is 0 Å². The van der Waals surface area contributed by atoms with Gasteiger partial charge in [-0.05, 0) is 36.4 Å². The van der Waals surface area contributed by atoms with Crippen molar-refractivity contribution in [2.24, 2.45) is 7.05 Å². The second-order valence-corrected chi connectivity index (χ2v) is 8.16. The van der Waals surface area contributed by atoms with Gasteiger partial charge >= 0.3 is 12.0 Å². The molecule has 3 N–H and O–H groups in total. The lowest BCUT2D eigenvalue weighted by molar-refractivity contribution is -0.143. The second-order valence-electron chi connectivity index (χ2n) is 7.22. The van der Waals surface area contributed by atoms with Crippen LogP contribution in [0.5, 0.6) is 5.75 Å². The van der Waals surface area contributed by atoms with Crippen LogP contribution in [0.25, 0.3) is 11.1 Å². The molecule has 3 rings (SSSR count). The minimum Gasteiger partial charge on any atom is -0.505 e. The summed E-state index contributed by atoms with van der Waals surface area (Å²) in [7, 11) is 1.53. The van der Waals surface area contributed by atoms with E-state index < -0.39 is 23.6 Å². The number of aromatic hydroxyl groups is 1. The van der Waals surface area contributed by atoms with Crippen LogP contribution in [0.15, 0.2) is 52.8 Å². The molecular weight excluding hydrogens is 430 g/mol. The number of benzene rings is 1. The lowest BCUT2D eigenvalue weighted by atomic mass is 10.1. The van der Waals surface area contributed by atoms with Crippen LogP contribution in [-0.2, 0) is 16.6 Å². The first-order chi connectivity index (χ1) is 15.3. The van der Waals surface area contributed by atoms with Crippen molar-refractivity contribution in [1.29, 1.82) is 0 Å². The summed E-state index contributed by atoms with van der Waals surface area (Å²) in [5, 5.41) is 17.3. The Bertz CT molecular complexity index is 1170. The Morgan fingerprint density at radius 2 is 1.94 bits per heavy atom. The quantitative estimate of drug-likeness (QED) is 0.468. The molecule has 0 spiro atoms. The van der Waals surface area contributed by atoms with Gasteiger partial charge in [0.1, 0.15) is 5.75 Å². The molecule has 168 valence electrons. The molecule has 0 aliphatic heterocycles. The van der Waals surface area contributed by atoms with Crippen molar-refractivity contribution in [2.75, 3.05) is 11.9 Å².